The highest BCUT2D eigenvalue weighted by molar-refractivity contribution is 6.10. The van der Waals surface area contributed by atoms with Crippen molar-refractivity contribution in [3.05, 3.63) is 71.3 Å². The zero-order valence-electron chi connectivity index (χ0n) is 14.8. The second-order valence-electron chi connectivity index (χ2n) is 5.53. The lowest BCUT2D eigenvalue weighted by Gasteiger charge is -2.07. The molecule has 0 radical (unpaired) electrons. The van der Waals surface area contributed by atoms with Gasteiger partial charge in [-0.3, -0.25) is 9.59 Å². The Bertz CT molecular complexity index is 940. The second-order valence-corrected chi connectivity index (χ2v) is 5.53. The number of amides is 2. The van der Waals surface area contributed by atoms with Crippen LogP contribution in [0.4, 0.5) is 11.4 Å². The van der Waals surface area contributed by atoms with E-state index in [2.05, 4.69) is 15.4 Å². The number of esters is 1. The Morgan fingerprint density at radius 3 is 2.37 bits per heavy atom. The minimum atomic E-state index is -0.487. The van der Waals surface area contributed by atoms with Crippen molar-refractivity contribution in [3.8, 4) is 6.07 Å². The van der Waals surface area contributed by atoms with Crippen molar-refractivity contribution >= 4 is 29.2 Å². The van der Waals surface area contributed by atoms with Gasteiger partial charge in [-0.25, -0.2) is 4.79 Å². The molecule has 0 spiro atoms. The molecule has 0 aliphatic rings. The van der Waals surface area contributed by atoms with Gasteiger partial charge in [0, 0.05) is 23.0 Å². The first-order valence-corrected chi connectivity index (χ1v) is 7.92. The molecule has 2 N–H and O–H groups in total. The van der Waals surface area contributed by atoms with Crippen molar-refractivity contribution in [2.24, 2.45) is 0 Å². The van der Waals surface area contributed by atoms with Gasteiger partial charge in [-0.05, 0) is 49.4 Å². The van der Waals surface area contributed by atoms with E-state index in [-0.39, 0.29) is 5.57 Å². The van der Waals surface area contributed by atoms with Gasteiger partial charge in [-0.2, -0.15) is 5.26 Å². The third-order valence-corrected chi connectivity index (χ3v) is 3.53. The van der Waals surface area contributed by atoms with E-state index in [9.17, 15) is 14.4 Å². The molecule has 2 rings (SSSR count). The molecule has 2 amide bonds. The molecule has 0 heterocycles. The van der Waals surface area contributed by atoms with Crippen LogP contribution < -0.4 is 10.6 Å². The van der Waals surface area contributed by atoms with Crippen LogP contribution in [0.15, 0.2) is 60.2 Å². The fourth-order valence-electron chi connectivity index (χ4n) is 2.14. The second kappa shape index (κ2) is 8.97. The van der Waals surface area contributed by atoms with E-state index in [0.29, 0.717) is 22.5 Å². The van der Waals surface area contributed by atoms with Crippen molar-refractivity contribution in [2.45, 2.75) is 6.92 Å². The minimum Gasteiger partial charge on any atom is -0.465 e. The van der Waals surface area contributed by atoms with Gasteiger partial charge in [-0.1, -0.05) is 6.07 Å². The summed E-state index contributed by atoms with van der Waals surface area (Å²) < 4.78 is 4.60. The summed E-state index contributed by atoms with van der Waals surface area (Å²) in [5.41, 5.74) is 1.91. The molecule has 7 nitrogen and oxygen atoms in total. The number of ether oxygens (including phenoxy) is 1. The molecule has 2 aromatic carbocycles. The highest BCUT2D eigenvalue weighted by Crippen LogP contribution is 2.13. The molecule has 7 heteroatoms. The number of carbonyl (C=O) groups excluding carboxylic acids is 3. The molecule has 0 atom stereocenters. The lowest BCUT2D eigenvalue weighted by Crippen LogP contribution is -2.16. The Hall–Kier alpha value is -3.92. The van der Waals surface area contributed by atoms with Crippen LogP contribution in [-0.4, -0.2) is 24.9 Å². The van der Waals surface area contributed by atoms with Crippen LogP contribution in [0.1, 0.15) is 22.8 Å². The molecule has 0 aliphatic heterocycles. The number of nitriles is 1. The Kier molecular flexibility index (Phi) is 6.44. The predicted molar refractivity (Wildman–Crippen MR) is 100.0 cm³/mol. The third kappa shape index (κ3) is 5.54. The quantitative estimate of drug-likeness (QED) is 0.627. The van der Waals surface area contributed by atoms with Crippen molar-refractivity contribution in [1.29, 1.82) is 5.26 Å². The van der Waals surface area contributed by atoms with Crippen LogP contribution in [0.3, 0.4) is 0 Å². The lowest BCUT2D eigenvalue weighted by atomic mass is 10.2. The zero-order chi connectivity index (χ0) is 19.8. The van der Waals surface area contributed by atoms with Crippen LogP contribution in [0.2, 0.25) is 0 Å². The largest absolute Gasteiger partial charge is 0.465 e. The van der Waals surface area contributed by atoms with Gasteiger partial charge in [0.15, 0.2) is 0 Å². The maximum atomic E-state index is 12.2. The average Bonchev–Trinajstić information content (AvgIpc) is 2.67. The molecule has 136 valence electrons. The van der Waals surface area contributed by atoms with Crippen LogP contribution in [0.5, 0.6) is 0 Å². The first-order valence-electron chi connectivity index (χ1n) is 7.92. The number of methoxy groups -OCH3 is 1. The maximum Gasteiger partial charge on any atom is 0.337 e. The van der Waals surface area contributed by atoms with Crippen molar-refractivity contribution in [1.82, 2.24) is 0 Å². The standard InChI is InChI=1S/C20H17N3O4/c1-13(10-18(24)22-17-5-3-4-14(11-17)12-21)19(25)23-16-8-6-15(7-9-16)20(26)27-2/h3-11H,1-2H3,(H,22,24)(H,23,25)/b13-10+. The molecule has 0 fully saturated rings. The summed E-state index contributed by atoms with van der Waals surface area (Å²) in [6.45, 7) is 1.50. The van der Waals surface area contributed by atoms with Crippen molar-refractivity contribution in [3.63, 3.8) is 0 Å². The number of hydrogen-bond donors (Lipinski definition) is 2. The van der Waals surface area contributed by atoms with Gasteiger partial charge in [0.25, 0.3) is 5.91 Å². The number of nitrogens with zero attached hydrogens (tertiary/aromatic N) is 1. The molecule has 0 bridgehead atoms. The monoisotopic (exact) mass is 363 g/mol. The van der Waals surface area contributed by atoms with Gasteiger partial charge < -0.3 is 15.4 Å². The van der Waals surface area contributed by atoms with Crippen LogP contribution >= 0.6 is 0 Å². The number of rotatable bonds is 5. The topological polar surface area (TPSA) is 108 Å². The summed E-state index contributed by atoms with van der Waals surface area (Å²) >= 11 is 0. The smallest absolute Gasteiger partial charge is 0.337 e. The van der Waals surface area contributed by atoms with E-state index in [1.54, 1.807) is 30.3 Å². The average molecular weight is 363 g/mol. The molecular formula is C20H17N3O4. The first-order chi connectivity index (χ1) is 12.9. The van der Waals surface area contributed by atoms with Crippen LogP contribution in [0.25, 0.3) is 0 Å². The van der Waals surface area contributed by atoms with Crippen LogP contribution in [0, 0.1) is 11.3 Å². The first kappa shape index (κ1) is 19.4. The van der Waals surface area contributed by atoms with Gasteiger partial charge in [-0.15, -0.1) is 0 Å². The minimum absolute atomic E-state index is 0.195. The normalized spacial score (nSPS) is 10.5. The number of benzene rings is 2. The molecule has 0 aromatic heterocycles. The van der Waals surface area contributed by atoms with Gasteiger partial charge in [0.1, 0.15) is 0 Å². The van der Waals surface area contributed by atoms with Crippen LogP contribution in [-0.2, 0) is 14.3 Å². The summed E-state index contributed by atoms with van der Waals surface area (Å²) in [5, 5.41) is 14.1. The summed E-state index contributed by atoms with van der Waals surface area (Å²) in [6, 6.07) is 14.6. The Morgan fingerprint density at radius 1 is 1.04 bits per heavy atom. The van der Waals surface area contributed by atoms with Crippen molar-refractivity contribution < 1.29 is 19.1 Å². The zero-order valence-corrected chi connectivity index (χ0v) is 14.8. The Morgan fingerprint density at radius 2 is 1.74 bits per heavy atom. The molecule has 27 heavy (non-hydrogen) atoms. The molecule has 2 aromatic rings. The number of carbonyl (C=O) groups is 3. The van der Waals surface area contributed by atoms with E-state index in [4.69, 9.17) is 5.26 Å². The molecular weight excluding hydrogens is 346 g/mol. The van der Waals surface area contributed by atoms with E-state index in [0.717, 1.165) is 6.08 Å². The number of anilines is 2. The third-order valence-electron chi connectivity index (χ3n) is 3.53. The fourth-order valence-corrected chi connectivity index (χ4v) is 2.14. The number of nitrogens with one attached hydrogen (secondary N) is 2. The number of hydrogen-bond acceptors (Lipinski definition) is 5. The summed E-state index contributed by atoms with van der Waals surface area (Å²) in [7, 11) is 1.29. The van der Waals surface area contributed by atoms with E-state index >= 15 is 0 Å². The summed E-state index contributed by atoms with van der Waals surface area (Å²) in [6.07, 6.45) is 1.16. The van der Waals surface area contributed by atoms with E-state index in [1.165, 1.54) is 32.2 Å². The highest BCUT2D eigenvalue weighted by atomic mass is 16.5. The molecule has 0 unspecified atom stereocenters. The SMILES string of the molecule is COC(=O)c1ccc(NC(=O)/C(C)=C/C(=O)Nc2cccc(C#N)c2)cc1. The summed E-state index contributed by atoms with van der Waals surface area (Å²) in [4.78, 5) is 35.6. The highest BCUT2D eigenvalue weighted by Gasteiger charge is 2.09. The van der Waals surface area contributed by atoms with Gasteiger partial charge in [0.05, 0.1) is 24.3 Å². The Balaban J connectivity index is 2.00. The van der Waals surface area contributed by atoms with E-state index in [1.807, 2.05) is 6.07 Å². The summed E-state index contributed by atoms with van der Waals surface area (Å²) in [5.74, 6) is -1.42. The van der Waals surface area contributed by atoms with Crippen molar-refractivity contribution in [2.75, 3.05) is 17.7 Å². The predicted octanol–water partition coefficient (Wildman–Crippen LogP) is 2.87. The van der Waals surface area contributed by atoms with E-state index < -0.39 is 17.8 Å². The Labute approximate surface area is 156 Å². The lowest BCUT2D eigenvalue weighted by molar-refractivity contribution is -0.114. The fraction of sp³-hybridized carbons (Fsp3) is 0.100. The maximum absolute atomic E-state index is 12.2. The molecule has 0 saturated heterocycles. The molecule has 0 aliphatic carbocycles. The molecule has 0 saturated carbocycles. The van der Waals surface area contributed by atoms with Gasteiger partial charge in [0.2, 0.25) is 5.91 Å². The van der Waals surface area contributed by atoms with Gasteiger partial charge >= 0.3 is 5.97 Å².